The van der Waals surface area contributed by atoms with Crippen LogP contribution < -0.4 is 20.1 Å². The standard InChI is InChI=1S/C22H25FN2O3.ClH/c1-14-3-5-19(20(11-14)27-2)28-18-6-4-15(12-17(18)23)25-21(26)16-13-22(16)7-9-24-10-8-22;/h3-6,11-12,16,24H,7-10,13H2,1-2H3,(H,25,26);1H. The summed E-state index contributed by atoms with van der Waals surface area (Å²) in [5.41, 5.74) is 1.62. The molecule has 2 aromatic rings. The number of halogens is 2. The number of aryl methyl sites for hydroxylation is 1. The van der Waals surface area contributed by atoms with E-state index in [1.54, 1.807) is 19.2 Å². The number of benzene rings is 2. The number of hydrogen-bond donors (Lipinski definition) is 2. The van der Waals surface area contributed by atoms with E-state index in [1.165, 1.54) is 12.1 Å². The zero-order chi connectivity index (χ0) is 19.7. The van der Waals surface area contributed by atoms with E-state index >= 15 is 0 Å². The lowest BCUT2D eigenvalue weighted by Crippen LogP contribution is -2.31. The highest BCUT2D eigenvalue weighted by Crippen LogP contribution is 2.58. The second kappa shape index (κ2) is 8.59. The van der Waals surface area contributed by atoms with Crippen LogP contribution in [0.1, 0.15) is 24.8 Å². The van der Waals surface area contributed by atoms with Gasteiger partial charge in [-0.2, -0.15) is 0 Å². The lowest BCUT2D eigenvalue weighted by atomic mass is 9.92. The summed E-state index contributed by atoms with van der Waals surface area (Å²) in [5, 5.41) is 6.19. The average Bonchev–Trinajstić information content (AvgIpc) is 3.38. The Morgan fingerprint density at radius 2 is 1.86 bits per heavy atom. The molecule has 1 saturated heterocycles. The third-order valence-corrected chi connectivity index (χ3v) is 5.84. The monoisotopic (exact) mass is 420 g/mol. The molecule has 1 aliphatic heterocycles. The molecule has 2 aromatic carbocycles. The van der Waals surface area contributed by atoms with E-state index in [2.05, 4.69) is 10.6 Å². The first-order valence-electron chi connectivity index (χ1n) is 9.64. The number of ether oxygens (including phenoxy) is 2. The predicted octanol–water partition coefficient (Wildman–Crippen LogP) is 4.69. The summed E-state index contributed by atoms with van der Waals surface area (Å²) < 4.78 is 25.5. The number of rotatable bonds is 5. The molecule has 2 N–H and O–H groups in total. The van der Waals surface area contributed by atoms with Crippen molar-refractivity contribution < 1.29 is 18.7 Å². The molecular weight excluding hydrogens is 395 g/mol. The van der Waals surface area contributed by atoms with Crippen LogP contribution in [0, 0.1) is 24.1 Å². The Balaban J connectivity index is 0.00000240. The number of methoxy groups -OCH3 is 1. The van der Waals surface area contributed by atoms with Gasteiger partial charge in [0, 0.05) is 17.7 Å². The number of carbonyl (C=O) groups excluding carboxylic acids is 1. The molecule has 1 unspecified atom stereocenters. The Morgan fingerprint density at radius 1 is 1.14 bits per heavy atom. The predicted molar refractivity (Wildman–Crippen MR) is 113 cm³/mol. The van der Waals surface area contributed by atoms with Crippen molar-refractivity contribution >= 4 is 24.0 Å². The van der Waals surface area contributed by atoms with Crippen molar-refractivity contribution in [2.24, 2.45) is 11.3 Å². The van der Waals surface area contributed by atoms with Crippen molar-refractivity contribution in [2.45, 2.75) is 26.2 Å². The summed E-state index contributed by atoms with van der Waals surface area (Å²) in [5.74, 6) is 0.544. The van der Waals surface area contributed by atoms with Crippen molar-refractivity contribution in [3.63, 3.8) is 0 Å². The minimum absolute atomic E-state index is 0. The Hall–Kier alpha value is -2.31. The van der Waals surface area contributed by atoms with Crippen LogP contribution >= 0.6 is 12.4 Å². The van der Waals surface area contributed by atoms with Crippen molar-refractivity contribution in [1.82, 2.24) is 5.32 Å². The van der Waals surface area contributed by atoms with E-state index < -0.39 is 5.82 Å². The van der Waals surface area contributed by atoms with Gasteiger partial charge in [0.25, 0.3) is 0 Å². The van der Waals surface area contributed by atoms with Crippen LogP contribution in [0.2, 0.25) is 0 Å². The van der Waals surface area contributed by atoms with Gasteiger partial charge in [-0.1, -0.05) is 6.07 Å². The summed E-state index contributed by atoms with van der Waals surface area (Å²) in [6, 6.07) is 9.93. The van der Waals surface area contributed by atoms with Gasteiger partial charge in [0.1, 0.15) is 0 Å². The third-order valence-electron chi connectivity index (χ3n) is 5.84. The van der Waals surface area contributed by atoms with E-state index in [0.717, 1.165) is 37.9 Å². The Kier molecular flexibility index (Phi) is 6.34. The number of hydrogen-bond acceptors (Lipinski definition) is 4. The molecule has 1 spiro atoms. The SMILES string of the molecule is COc1cc(C)ccc1Oc1ccc(NC(=O)C2CC23CCNCC3)cc1F.Cl. The first-order valence-corrected chi connectivity index (χ1v) is 9.64. The first-order chi connectivity index (χ1) is 13.5. The smallest absolute Gasteiger partial charge is 0.228 e. The largest absolute Gasteiger partial charge is 0.493 e. The van der Waals surface area contributed by atoms with Crippen LogP contribution in [-0.2, 0) is 4.79 Å². The van der Waals surface area contributed by atoms with Crippen LogP contribution in [-0.4, -0.2) is 26.1 Å². The number of nitrogens with one attached hydrogen (secondary N) is 2. The van der Waals surface area contributed by atoms with Gasteiger partial charge in [-0.05, 0) is 74.5 Å². The molecular formula is C22H26ClFN2O3. The fraction of sp³-hybridized carbons (Fsp3) is 0.409. The van der Waals surface area contributed by atoms with Gasteiger partial charge in [-0.15, -0.1) is 12.4 Å². The van der Waals surface area contributed by atoms with Crippen molar-refractivity contribution in [3.8, 4) is 17.2 Å². The molecule has 1 aliphatic carbocycles. The molecule has 0 bridgehead atoms. The number of amides is 1. The van der Waals surface area contributed by atoms with Gasteiger partial charge in [-0.3, -0.25) is 4.79 Å². The highest BCUT2D eigenvalue weighted by molar-refractivity contribution is 5.95. The Labute approximate surface area is 176 Å². The molecule has 2 fully saturated rings. The van der Waals surface area contributed by atoms with Crippen molar-refractivity contribution in [2.75, 3.05) is 25.5 Å². The molecule has 5 nitrogen and oxygen atoms in total. The number of piperidine rings is 1. The molecule has 0 radical (unpaired) electrons. The third kappa shape index (κ3) is 4.49. The number of carbonyl (C=O) groups is 1. The minimum Gasteiger partial charge on any atom is -0.493 e. The molecule has 1 saturated carbocycles. The van der Waals surface area contributed by atoms with Crippen LogP contribution in [0.5, 0.6) is 17.2 Å². The molecule has 4 rings (SSSR count). The molecule has 7 heteroatoms. The van der Waals surface area contributed by atoms with Crippen LogP contribution in [0.3, 0.4) is 0 Å². The fourth-order valence-electron chi connectivity index (χ4n) is 4.06. The number of anilines is 1. The highest BCUT2D eigenvalue weighted by atomic mass is 35.5. The van der Waals surface area contributed by atoms with E-state index in [-0.39, 0.29) is 35.4 Å². The molecule has 1 heterocycles. The summed E-state index contributed by atoms with van der Waals surface area (Å²) in [4.78, 5) is 12.5. The zero-order valence-corrected chi connectivity index (χ0v) is 17.4. The summed E-state index contributed by atoms with van der Waals surface area (Å²) in [6.45, 7) is 3.87. The lowest BCUT2D eigenvalue weighted by Gasteiger charge is -2.23. The molecule has 2 aliphatic rings. The van der Waals surface area contributed by atoms with E-state index in [1.807, 2.05) is 19.1 Å². The molecule has 1 amide bonds. The maximum atomic E-state index is 14.5. The molecule has 0 aromatic heterocycles. The van der Waals surface area contributed by atoms with Crippen LogP contribution in [0.4, 0.5) is 10.1 Å². The summed E-state index contributed by atoms with van der Waals surface area (Å²) in [6.07, 6.45) is 2.99. The van der Waals surface area contributed by atoms with E-state index in [0.29, 0.717) is 17.2 Å². The quantitative estimate of drug-likeness (QED) is 0.737. The molecule has 1 atom stereocenters. The second-order valence-corrected chi connectivity index (χ2v) is 7.76. The lowest BCUT2D eigenvalue weighted by molar-refractivity contribution is -0.118. The van der Waals surface area contributed by atoms with Gasteiger partial charge >= 0.3 is 0 Å². The van der Waals surface area contributed by atoms with Crippen molar-refractivity contribution in [3.05, 3.63) is 47.8 Å². The topological polar surface area (TPSA) is 59.6 Å². The molecule has 156 valence electrons. The van der Waals surface area contributed by atoms with Crippen LogP contribution in [0.25, 0.3) is 0 Å². The van der Waals surface area contributed by atoms with E-state index in [9.17, 15) is 9.18 Å². The normalized spacial score (nSPS) is 19.2. The minimum atomic E-state index is -0.534. The fourth-order valence-corrected chi connectivity index (χ4v) is 4.06. The van der Waals surface area contributed by atoms with Gasteiger partial charge in [0.2, 0.25) is 5.91 Å². The average molecular weight is 421 g/mol. The first kappa shape index (κ1) is 21.4. The maximum absolute atomic E-state index is 14.5. The summed E-state index contributed by atoms with van der Waals surface area (Å²) >= 11 is 0. The van der Waals surface area contributed by atoms with E-state index in [4.69, 9.17) is 9.47 Å². The zero-order valence-electron chi connectivity index (χ0n) is 16.6. The van der Waals surface area contributed by atoms with Gasteiger partial charge < -0.3 is 20.1 Å². The maximum Gasteiger partial charge on any atom is 0.228 e. The second-order valence-electron chi connectivity index (χ2n) is 7.76. The Bertz CT molecular complexity index is 900. The van der Waals surface area contributed by atoms with Crippen molar-refractivity contribution in [1.29, 1.82) is 0 Å². The highest BCUT2D eigenvalue weighted by Gasteiger charge is 2.57. The van der Waals surface area contributed by atoms with Gasteiger partial charge in [0.15, 0.2) is 23.1 Å². The molecule has 29 heavy (non-hydrogen) atoms. The Morgan fingerprint density at radius 3 is 2.55 bits per heavy atom. The van der Waals surface area contributed by atoms with Gasteiger partial charge in [0.05, 0.1) is 7.11 Å². The summed E-state index contributed by atoms with van der Waals surface area (Å²) in [7, 11) is 1.55. The van der Waals surface area contributed by atoms with Gasteiger partial charge in [-0.25, -0.2) is 4.39 Å². The van der Waals surface area contributed by atoms with Crippen LogP contribution in [0.15, 0.2) is 36.4 Å².